The molecule has 0 aliphatic rings. The van der Waals surface area contributed by atoms with Crippen LogP contribution in [0.2, 0.25) is 0 Å². The molecule has 0 saturated carbocycles. The monoisotopic (exact) mass is 313 g/mol. The number of nitrogens with zero attached hydrogens (tertiary/aromatic N) is 1. The molecule has 2 rings (SSSR count). The van der Waals surface area contributed by atoms with Crippen LogP contribution in [0.3, 0.4) is 0 Å². The molecule has 0 radical (unpaired) electrons. The Morgan fingerprint density at radius 2 is 2.05 bits per heavy atom. The van der Waals surface area contributed by atoms with E-state index in [2.05, 4.69) is 14.9 Å². The first-order chi connectivity index (χ1) is 9.72. The highest BCUT2D eigenvalue weighted by Crippen LogP contribution is 2.24. The largest absolute Gasteiger partial charge is 0.478 e. The van der Waals surface area contributed by atoms with Crippen molar-refractivity contribution in [3.63, 3.8) is 0 Å². The van der Waals surface area contributed by atoms with Gasteiger partial charge in [0.25, 0.3) is 10.0 Å². The number of aromatic amines is 1. The van der Waals surface area contributed by atoms with Crippen LogP contribution in [0.5, 0.6) is 0 Å². The van der Waals surface area contributed by atoms with Crippen LogP contribution in [-0.2, 0) is 10.0 Å². The highest BCUT2D eigenvalue weighted by atomic mass is 32.2. The van der Waals surface area contributed by atoms with E-state index in [1.165, 1.54) is 13.8 Å². The van der Waals surface area contributed by atoms with Crippen molar-refractivity contribution in [2.75, 3.05) is 4.72 Å². The lowest BCUT2D eigenvalue weighted by molar-refractivity contribution is 0.0698. The van der Waals surface area contributed by atoms with E-state index in [-0.39, 0.29) is 21.8 Å². The standard InChI is InChI=1S/C12H12FN3O4S/c1-6-11(7(2)15-14-6)21(19,20)16-10-5-8(13)3-4-9(10)12(17)18/h3-5,16H,1-2H3,(H,14,15)(H,17,18). The van der Waals surface area contributed by atoms with Crippen molar-refractivity contribution in [3.05, 3.63) is 41.0 Å². The summed E-state index contributed by atoms with van der Waals surface area (Å²) >= 11 is 0. The second kappa shape index (κ2) is 5.17. The van der Waals surface area contributed by atoms with Crippen molar-refractivity contribution in [2.45, 2.75) is 18.7 Å². The first-order valence-corrected chi connectivity index (χ1v) is 7.28. The summed E-state index contributed by atoms with van der Waals surface area (Å²) in [5.74, 6) is -2.12. The predicted molar refractivity (Wildman–Crippen MR) is 72.2 cm³/mol. The maximum absolute atomic E-state index is 13.2. The quantitative estimate of drug-likeness (QED) is 0.794. The molecular weight excluding hydrogens is 301 g/mol. The Morgan fingerprint density at radius 3 is 2.57 bits per heavy atom. The van der Waals surface area contributed by atoms with Crippen LogP contribution < -0.4 is 4.72 Å². The Morgan fingerprint density at radius 1 is 1.38 bits per heavy atom. The third kappa shape index (κ3) is 2.87. The second-order valence-corrected chi connectivity index (χ2v) is 5.98. The van der Waals surface area contributed by atoms with E-state index in [0.717, 1.165) is 18.2 Å². The number of hydrogen-bond donors (Lipinski definition) is 3. The van der Waals surface area contributed by atoms with Crippen LogP contribution in [0.15, 0.2) is 23.1 Å². The summed E-state index contributed by atoms with van der Waals surface area (Å²) in [5, 5.41) is 15.3. The lowest BCUT2D eigenvalue weighted by Gasteiger charge is -2.10. The van der Waals surface area contributed by atoms with E-state index in [4.69, 9.17) is 5.11 Å². The summed E-state index contributed by atoms with van der Waals surface area (Å²) < 4.78 is 39.9. The fourth-order valence-corrected chi connectivity index (χ4v) is 3.36. The zero-order valence-electron chi connectivity index (χ0n) is 11.1. The Balaban J connectivity index is 2.51. The minimum absolute atomic E-state index is 0.0944. The van der Waals surface area contributed by atoms with Crippen LogP contribution >= 0.6 is 0 Å². The van der Waals surface area contributed by atoms with Crippen LogP contribution in [0.25, 0.3) is 0 Å². The molecule has 1 heterocycles. The van der Waals surface area contributed by atoms with Crippen molar-refractivity contribution in [1.29, 1.82) is 0 Å². The van der Waals surface area contributed by atoms with E-state index >= 15 is 0 Å². The smallest absolute Gasteiger partial charge is 0.337 e. The fraction of sp³-hybridized carbons (Fsp3) is 0.167. The third-order valence-electron chi connectivity index (χ3n) is 2.79. The van der Waals surface area contributed by atoms with Gasteiger partial charge in [0, 0.05) is 0 Å². The average molecular weight is 313 g/mol. The lowest BCUT2D eigenvalue weighted by Crippen LogP contribution is -2.17. The summed E-state index contributed by atoms with van der Waals surface area (Å²) in [6.45, 7) is 3.00. The first-order valence-electron chi connectivity index (χ1n) is 5.79. The van der Waals surface area contributed by atoms with Gasteiger partial charge in [-0.1, -0.05) is 0 Å². The fourth-order valence-electron chi connectivity index (χ4n) is 1.92. The summed E-state index contributed by atoms with van der Waals surface area (Å²) in [7, 11) is -4.08. The van der Waals surface area contributed by atoms with Gasteiger partial charge in [-0.05, 0) is 32.0 Å². The molecule has 0 bridgehead atoms. The summed E-state index contributed by atoms with van der Waals surface area (Å²) in [4.78, 5) is 11.0. The van der Waals surface area contributed by atoms with E-state index in [9.17, 15) is 17.6 Å². The van der Waals surface area contributed by atoms with Gasteiger partial charge in [0.05, 0.1) is 22.6 Å². The number of halogens is 1. The molecule has 0 atom stereocenters. The van der Waals surface area contributed by atoms with E-state index < -0.39 is 21.8 Å². The van der Waals surface area contributed by atoms with E-state index in [0.29, 0.717) is 5.69 Å². The van der Waals surface area contributed by atoms with Gasteiger partial charge in [-0.2, -0.15) is 5.10 Å². The molecule has 0 saturated heterocycles. The molecular formula is C12H12FN3O4S. The van der Waals surface area contributed by atoms with Gasteiger partial charge in [-0.25, -0.2) is 17.6 Å². The summed E-state index contributed by atoms with van der Waals surface area (Å²) in [6, 6.07) is 2.74. The molecule has 0 unspecified atom stereocenters. The van der Waals surface area contributed by atoms with Crippen molar-refractivity contribution < 1.29 is 22.7 Å². The molecule has 9 heteroatoms. The number of anilines is 1. The number of carboxylic acid groups (broad SMARTS) is 1. The third-order valence-corrected chi connectivity index (χ3v) is 4.41. The molecule has 1 aromatic heterocycles. The minimum atomic E-state index is -4.08. The Hall–Kier alpha value is -2.42. The first kappa shape index (κ1) is 15.0. The van der Waals surface area contributed by atoms with Gasteiger partial charge in [0.2, 0.25) is 0 Å². The molecule has 0 aliphatic heterocycles. The predicted octanol–water partition coefficient (Wildman–Crippen LogP) is 1.66. The van der Waals surface area contributed by atoms with Crippen LogP contribution in [-0.4, -0.2) is 29.7 Å². The van der Waals surface area contributed by atoms with Gasteiger partial charge >= 0.3 is 5.97 Å². The van der Waals surface area contributed by atoms with Crippen LogP contribution in [0.1, 0.15) is 21.7 Å². The van der Waals surface area contributed by atoms with Gasteiger partial charge < -0.3 is 5.11 Å². The number of rotatable bonds is 4. The number of aromatic nitrogens is 2. The van der Waals surface area contributed by atoms with E-state index in [1.54, 1.807) is 0 Å². The Bertz CT molecular complexity index is 794. The number of sulfonamides is 1. The molecule has 7 nitrogen and oxygen atoms in total. The number of carboxylic acids is 1. The molecule has 0 spiro atoms. The van der Waals surface area contributed by atoms with Gasteiger partial charge in [0.1, 0.15) is 10.7 Å². The highest BCUT2D eigenvalue weighted by molar-refractivity contribution is 7.92. The van der Waals surface area contributed by atoms with Gasteiger partial charge in [-0.15, -0.1) is 0 Å². The maximum atomic E-state index is 13.2. The zero-order chi connectivity index (χ0) is 15.8. The maximum Gasteiger partial charge on any atom is 0.337 e. The normalized spacial score (nSPS) is 11.4. The van der Waals surface area contributed by atoms with Crippen molar-refractivity contribution in [3.8, 4) is 0 Å². The SMILES string of the molecule is Cc1n[nH]c(C)c1S(=O)(=O)Nc1cc(F)ccc1C(=O)O. The number of aromatic carboxylic acids is 1. The Kier molecular flexibility index (Phi) is 3.69. The van der Waals surface area contributed by atoms with Gasteiger partial charge in [0.15, 0.2) is 0 Å². The molecule has 0 fully saturated rings. The second-order valence-electron chi connectivity index (χ2n) is 4.36. The number of H-pyrrole nitrogens is 1. The molecule has 21 heavy (non-hydrogen) atoms. The number of benzene rings is 1. The number of hydrogen-bond acceptors (Lipinski definition) is 4. The molecule has 0 aliphatic carbocycles. The molecule has 112 valence electrons. The number of carbonyl (C=O) groups is 1. The summed E-state index contributed by atoms with van der Waals surface area (Å²) in [6.07, 6.45) is 0. The minimum Gasteiger partial charge on any atom is -0.478 e. The molecule has 3 N–H and O–H groups in total. The van der Waals surface area contributed by atoms with Crippen LogP contribution in [0, 0.1) is 19.7 Å². The molecule has 1 aromatic carbocycles. The van der Waals surface area contributed by atoms with Crippen LogP contribution in [0.4, 0.5) is 10.1 Å². The Labute approximate surface area is 119 Å². The van der Waals surface area contributed by atoms with Crippen molar-refractivity contribution in [1.82, 2.24) is 10.2 Å². The lowest BCUT2D eigenvalue weighted by atomic mass is 10.2. The van der Waals surface area contributed by atoms with Crippen molar-refractivity contribution >= 4 is 21.7 Å². The highest BCUT2D eigenvalue weighted by Gasteiger charge is 2.24. The van der Waals surface area contributed by atoms with Gasteiger partial charge in [-0.3, -0.25) is 9.82 Å². The van der Waals surface area contributed by atoms with E-state index in [1.807, 2.05) is 0 Å². The molecule has 2 aromatic rings. The topological polar surface area (TPSA) is 112 Å². The zero-order valence-corrected chi connectivity index (χ0v) is 12.0. The average Bonchev–Trinajstić information content (AvgIpc) is 2.68. The van der Waals surface area contributed by atoms with Crippen molar-refractivity contribution in [2.24, 2.45) is 0 Å². The number of nitrogens with one attached hydrogen (secondary N) is 2. The summed E-state index contributed by atoms with van der Waals surface area (Å²) in [5.41, 5.74) is -0.164. The number of aryl methyl sites for hydroxylation is 2. The molecule has 0 amide bonds.